The van der Waals surface area contributed by atoms with Crippen molar-refractivity contribution in [2.24, 2.45) is 11.1 Å². The maximum absolute atomic E-state index is 12.8. The first-order valence-corrected chi connectivity index (χ1v) is 11.2. The maximum atomic E-state index is 12.8. The zero-order valence-corrected chi connectivity index (χ0v) is 17.4. The second kappa shape index (κ2) is 8.69. The average Bonchev–Trinajstić information content (AvgIpc) is 2.66. The number of anilines is 1. The van der Waals surface area contributed by atoms with Crippen molar-refractivity contribution in [1.29, 1.82) is 0 Å². The van der Waals surface area contributed by atoms with Gasteiger partial charge in [0, 0.05) is 35.9 Å². The molecule has 1 saturated heterocycles. The minimum Gasteiger partial charge on any atom is -0.385 e. The lowest BCUT2D eigenvalue weighted by molar-refractivity contribution is 0.0680. The van der Waals surface area contributed by atoms with E-state index in [1.807, 2.05) is 24.3 Å². The van der Waals surface area contributed by atoms with E-state index in [4.69, 9.17) is 28.3 Å². The number of hydrogen-bond donors (Lipinski definition) is 2. The van der Waals surface area contributed by atoms with E-state index in [0.29, 0.717) is 29.6 Å². The molecule has 0 aromatic heterocycles. The van der Waals surface area contributed by atoms with Crippen LogP contribution in [0, 0.1) is 5.92 Å². The van der Waals surface area contributed by atoms with Gasteiger partial charge in [0.05, 0.1) is 5.02 Å². The highest BCUT2D eigenvalue weighted by atomic mass is 35.5. The molecule has 3 N–H and O–H groups in total. The van der Waals surface area contributed by atoms with Crippen molar-refractivity contribution in [2.75, 3.05) is 25.0 Å². The second-order valence-corrected chi connectivity index (χ2v) is 9.21. The molecular weight excluding hydrogens is 421 g/mol. The van der Waals surface area contributed by atoms with Crippen LogP contribution in [0.2, 0.25) is 10.0 Å². The molecule has 2 aromatic carbocycles. The fraction of sp³-hybridized carbons (Fsp3) is 0.316. The molecule has 0 radical (unpaired) electrons. The minimum absolute atomic E-state index is 0.0497. The monoisotopic (exact) mass is 441 g/mol. The number of hydrogen-bond acceptors (Lipinski definition) is 4. The van der Waals surface area contributed by atoms with Crippen LogP contribution in [0.1, 0.15) is 23.2 Å². The molecule has 1 aliphatic heterocycles. The topological polar surface area (TPSA) is 92.5 Å². The van der Waals surface area contributed by atoms with Gasteiger partial charge >= 0.3 is 0 Å². The molecule has 0 aliphatic carbocycles. The lowest BCUT2D eigenvalue weighted by Crippen LogP contribution is -2.41. The predicted molar refractivity (Wildman–Crippen MR) is 111 cm³/mol. The Bertz CT molecular complexity index is 965. The molecule has 1 heterocycles. The van der Waals surface area contributed by atoms with E-state index in [1.165, 1.54) is 18.2 Å². The van der Waals surface area contributed by atoms with Gasteiger partial charge in [-0.2, -0.15) is 0 Å². The van der Waals surface area contributed by atoms with E-state index in [2.05, 4.69) is 5.32 Å². The van der Waals surface area contributed by atoms with Crippen molar-refractivity contribution in [3.63, 3.8) is 0 Å². The summed E-state index contributed by atoms with van der Waals surface area (Å²) in [6.45, 7) is 2.02. The molecule has 1 fully saturated rings. The van der Waals surface area contributed by atoms with Gasteiger partial charge in [-0.3, -0.25) is 4.79 Å². The molecule has 3 rings (SSSR count). The molecule has 0 saturated carbocycles. The Labute approximate surface area is 174 Å². The lowest BCUT2D eigenvalue weighted by atomic mass is 9.97. The number of carbonyl (C=O) groups excluding carboxylic acids is 1. The highest BCUT2D eigenvalue weighted by Crippen LogP contribution is 2.24. The van der Waals surface area contributed by atoms with Crippen LogP contribution in [0.5, 0.6) is 0 Å². The van der Waals surface area contributed by atoms with Crippen LogP contribution in [0.4, 0.5) is 5.69 Å². The second-order valence-electron chi connectivity index (χ2n) is 6.84. The summed E-state index contributed by atoms with van der Waals surface area (Å²) in [4.78, 5) is 14.4. The van der Waals surface area contributed by atoms with E-state index in [0.717, 1.165) is 25.1 Å². The van der Waals surface area contributed by atoms with Gasteiger partial charge in [-0.25, -0.2) is 13.6 Å². The zero-order chi connectivity index (χ0) is 20.3. The predicted octanol–water partition coefficient (Wildman–Crippen LogP) is 3.61. The first kappa shape index (κ1) is 20.9. The number of likely N-dealkylation sites (tertiary alicyclic amines) is 1. The standard InChI is InChI=1S/C19H21Cl2N3O3S/c20-15-4-6-16(7-5-15)23-11-13-2-1-9-24(12-13)19(25)14-3-8-18(17(21)10-14)28(22,26)27/h3-8,10,13,23H,1-2,9,11-12H2,(H2,22,26,27). The van der Waals surface area contributed by atoms with E-state index in [-0.39, 0.29) is 15.8 Å². The molecule has 28 heavy (non-hydrogen) atoms. The summed E-state index contributed by atoms with van der Waals surface area (Å²) in [5.41, 5.74) is 1.34. The average molecular weight is 442 g/mol. The number of benzene rings is 2. The maximum Gasteiger partial charge on any atom is 0.253 e. The number of nitrogens with zero attached hydrogens (tertiary/aromatic N) is 1. The van der Waals surface area contributed by atoms with Gasteiger partial charge in [0.25, 0.3) is 5.91 Å². The SMILES string of the molecule is NS(=O)(=O)c1ccc(C(=O)N2CCCC(CNc3ccc(Cl)cc3)C2)cc1Cl. The molecule has 0 bridgehead atoms. The highest BCUT2D eigenvalue weighted by molar-refractivity contribution is 7.89. The first-order chi connectivity index (χ1) is 13.2. The van der Waals surface area contributed by atoms with E-state index in [1.54, 1.807) is 4.90 Å². The molecule has 1 atom stereocenters. The van der Waals surface area contributed by atoms with Gasteiger partial charge in [0.15, 0.2) is 0 Å². The molecule has 2 aromatic rings. The van der Waals surface area contributed by atoms with Gasteiger partial charge in [0.1, 0.15) is 4.90 Å². The Kier molecular flexibility index (Phi) is 6.50. The summed E-state index contributed by atoms with van der Waals surface area (Å²) in [6, 6.07) is 11.6. The molecule has 6 nitrogen and oxygen atoms in total. The van der Waals surface area contributed by atoms with Crippen LogP contribution in [0.3, 0.4) is 0 Å². The van der Waals surface area contributed by atoms with Crippen molar-refractivity contribution in [3.05, 3.63) is 58.1 Å². The van der Waals surface area contributed by atoms with Gasteiger partial charge in [-0.1, -0.05) is 23.2 Å². The van der Waals surface area contributed by atoms with Crippen LogP contribution in [0.25, 0.3) is 0 Å². The number of primary sulfonamides is 1. The number of sulfonamides is 1. The summed E-state index contributed by atoms with van der Waals surface area (Å²) in [6.07, 6.45) is 1.93. The number of amides is 1. The number of rotatable bonds is 5. The normalized spacial score (nSPS) is 17.4. The molecular formula is C19H21Cl2N3O3S. The third-order valence-electron chi connectivity index (χ3n) is 4.73. The largest absolute Gasteiger partial charge is 0.385 e. The summed E-state index contributed by atoms with van der Waals surface area (Å²) < 4.78 is 22.9. The summed E-state index contributed by atoms with van der Waals surface area (Å²) in [5, 5.41) is 9.13. The quantitative estimate of drug-likeness (QED) is 0.740. The fourth-order valence-electron chi connectivity index (χ4n) is 3.29. The third-order valence-corrected chi connectivity index (χ3v) is 6.38. The molecule has 150 valence electrons. The van der Waals surface area contributed by atoms with E-state index < -0.39 is 10.0 Å². The molecule has 9 heteroatoms. The highest BCUT2D eigenvalue weighted by Gasteiger charge is 2.25. The van der Waals surface area contributed by atoms with Gasteiger partial charge in [-0.05, 0) is 61.2 Å². The van der Waals surface area contributed by atoms with Crippen molar-refractivity contribution in [1.82, 2.24) is 4.90 Å². The van der Waals surface area contributed by atoms with Crippen LogP contribution in [-0.2, 0) is 10.0 Å². The van der Waals surface area contributed by atoms with Gasteiger partial charge < -0.3 is 10.2 Å². The molecule has 1 unspecified atom stereocenters. The Morgan fingerprint density at radius 3 is 2.54 bits per heavy atom. The Balaban J connectivity index is 1.64. The Morgan fingerprint density at radius 2 is 1.89 bits per heavy atom. The van der Waals surface area contributed by atoms with Crippen molar-refractivity contribution >= 4 is 44.8 Å². The van der Waals surface area contributed by atoms with Crippen LogP contribution in [-0.4, -0.2) is 38.9 Å². The van der Waals surface area contributed by atoms with E-state index in [9.17, 15) is 13.2 Å². The number of carbonyl (C=O) groups is 1. The Morgan fingerprint density at radius 1 is 1.18 bits per heavy atom. The number of nitrogens with one attached hydrogen (secondary N) is 1. The van der Waals surface area contributed by atoms with Crippen LogP contribution >= 0.6 is 23.2 Å². The van der Waals surface area contributed by atoms with Gasteiger partial charge in [-0.15, -0.1) is 0 Å². The summed E-state index contributed by atoms with van der Waals surface area (Å²) in [7, 11) is -3.92. The molecule has 0 spiro atoms. The third kappa shape index (κ3) is 5.17. The first-order valence-electron chi connectivity index (χ1n) is 8.85. The van der Waals surface area contributed by atoms with E-state index >= 15 is 0 Å². The number of halogens is 2. The van der Waals surface area contributed by atoms with Gasteiger partial charge in [0.2, 0.25) is 10.0 Å². The smallest absolute Gasteiger partial charge is 0.253 e. The van der Waals surface area contributed by atoms with Crippen molar-refractivity contribution in [2.45, 2.75) is 17.7 Å². The van der Waals surface area contributed by atoms with Crippen LogP contribution < -0.4 is 10.5 Å². The van der Waals surface area contributed by atoms with Crippen molar-refractivity contribution < 1.29 is 13.2 Å². The minimum atomic E-state index is -3.92. The number of piperidine rings is 1. The Hall–Kier alpha value is -1.80. The lowest BCUT2D eigenvalue weighted by Gasteiger charge is -2.33. The summed E-state index contributed by atoms with van der Waals surface area (Å²) >= 11 is 11.9. The molecule has 1 amide bonds. The van der Waals surface area contributed by atoms with Crippen LogP contribution in [0.15, 0.2) is 47.4 Å². The zero-order valence-electron chi connectivity index (χ0n) is 15.1. The summed E-state index contributed by atoms with van der Waals surface area (Å²) in [5.74, 6) is 0.145. The molecule has 1 aliphatic rings. The fourth-order valence-corrected chi connectivity index (χ4v) is 4.51. The number of nitrogens with two attached hydrogens (primary N) is 1. The van der Waals surface area contributed by atoms with Crippen molar-refractivity contribution in [3.8, 4) is 0 Å².